The zero-order valence-electron chi connectivity index (χ0n) is 14.5. The molecule has 0 spiro atoms. The number of likely N-dealkylation sites (tertiary alicyclic amines) is 1. The number of amides is 1. The van der Waals surface area contributed by atoms with E-state index in [1.807, 2.05) is 36.9 Å². The van der Waals surface area contributed by atoms with Crippen LogP contribution in [0.15, 0.2) is 30.5 Å². The molecule has 0 radical (unpaired) electrons. The van der Waals surface area contributed by atoms with Crippen molar-refractivity contribution in [2.45, 2.75) is 39.7 Å². The maximum Gasteiger partial charge on any atom is 0.253 e. The number of ether oxygens (including phenoxy) is 1. The zero-order valence-corrected chi connectivity index (χ0v) is 14.5. The third kappa shape index (κ3) is 3.72. The highest BCUT2D eigenvalue weighted by Gasteiger charge is 2.26. The van der Waals surface area contributed by atoms with E-state index in [1.54, 1.807) is 12.3 Å². The summed E-state index contributed by atoms with van der Waals surface area (Å²) in [6.45, 7) is 7.29. The molecule has 0 aliphatic carbocycles. The van der Waals surface area contributed by atoms with Crippen LogP contribution in [0.3, 0.4) is 0 Å². The molecule has 2 aromatic rings. The zero-order chi connectivity index (χ0) is 17.1. The smallest absolute Gasteiger partial charge is 0.253 e. The lowest BCUT2D eigenvalue weighted by Gasteiger charge is -2.32. The van der Waals surface area contributed by atoms with Crippen LogP contribution in [-0.4, -0.2) is 40.0 Å². The third-order valence-electron chi connectivity index (χ3n) is 4.46. The molecule has 0 N–H and O–H groups in total. The molecule has 1 fully saturated rings. The maximum absolute atomic E-state index is 12.8. The van der Waals surface area contributed by atoms with E-state index in [9.17, 15) is 4.79 Å². The van der Waals surface area contributed by atoms with E-state index < -0.39 is 0 Å². The summed E-state index contributed by atoms with van der Waals surface area (Å²) in [6.07, 6.45) is 3.53. The number of carbonyl (C=O) groups is 1. The molecule has 5 nitrogen and oxygen atoms in total. The van der Waals surface area contributed by atoms with Crippen LogP contribution in [0.4, 0.5) is 0 Å². The molecule has 1 aromatic carbocycles. The van der Waals surface area contributed by atoms with E-state index in [0.717, 1.165) is 30.5 Å². The predicted octanol–water partition coefficient (Wildman–Crippen LogP) is 3.09. The fraction of sp³-hybridized carbons (Fsp3) is 0.421. The summed E-state index contributed by atoms with van der Waals surface area (Å²) in [6, 6.07) is 7.64. The van der Waals surface area contributed by atoms with Crippen molar-refractivity contribution in [2.24, 2.45) is 0 Å². The summed E-state index contributed by atoms with van der Waals surface area (Å²) in [5, 5.41) is 0. The van der Waals surface area contributed by atoms with E-state index in [1.165, 1.54) is 5.56 Å². The molecular weight excluding hydrogens is 302 g/mol. The van der Waals surface area contributed by atoms with Crippen molar-refractivity contribution >= 4 is 5.91 Å². The quantitative estimate of drug-likeness (QED) is 0.870. The van der Waals surface area contributed by atoms with Gasteiger partial charge in [-0.3, -0.25) is 4.79 Å². The molecular formula is C19H23N3O2. The first kappa shape index (κ1) is 16.4. The van der Waals surface area contributed by atoms with Crippen molar-refractivity contribution in [3.8, 4) is 5.88 Å². The number of hydrogen-bond donors (Lipinski definition) is 0. The van der Waals surface area contributed by atoms with Gasteiger partial charge >= 0.3 is 0 Å². The second-order valence-corrected chi connectivity index (χ2v) is 6.37. The first-order valence-electron chi connectivity index (χ1n) is 8.36. The summed E-state index contributed by atoms with van der Waals surface area (Å²) in [5.41, 5.74) is 3.09. The fourth-order valence-corrected chi connectivity index (χ4v) is 2.95. The van der Waals surface area contributed by atoms with E-state index in [0.29, 0.717) is 18.2 Å². The van der Waals surface area contributed by atoms with E-state index >= 15 is 0 Å². The van der Waals surface area contributed by atoms with Crippen molar-refractivity contribution in [3.05, 3.63) is 53.0 Å². The summed E-state index contributed by atoms with van der Waals surface area (Å²) in [5.74, 6) is 1.34. The van der Waals surface area contributed by atoms with Crippen molar-refractivity contribution in [2.75, 3.05) is 13.1 Å². The standard InChI is InChI=1S/C19H23N3O2/c1-13-6-7-16(11-14(13)2)19(23)22-10-4-5-17(12-22)24-18-8-9-20-15(3)21-18/h6-9,11,17H,4-5,10,12H2,1-3H3. The van der Waals surface area contributed by atoms with Crippen LogP contribution < -0.4 is 4.74 Å². The molecule has 1 aliphatic rings. The second-order valence-electron chi connectivity index (χ2n) is 6.37. The average Bonchev–Trinajstić information content (AvgIpc) is 2.57. The van der Waals surface area contributed by atoms with Gasteiger partial charge in [-0.15, -0.1) is 0 Å². The molecule has 0 bridgehead atoms. The molecule has 1 saturated heterocycles. The van der Waals surface area contributed by atoms with Gasteiger partial charge in [0, 0.05) is 24.4 Å². The van der Waals surface area contributed by atoms with Gasteiger partial charge in [-0.1, -0.05) is 6.07 Å². The number of hydrogen-bond acceptors (Lipinski definition) is 4. The molecule has 2 heterocycles. The van der Waals surface area contributed by atoms with E-state index in [4.69, 9.17) is 4.74 Å². The van der Waals surface area contributed by atoms with Crippen LogP contribution in [0.25, 0.3) is 0 Å². The highest BCUT2D eigenvalue weighted by molar-refractivity contribution is 5.94. The molecule has 24 heavy (non-hydrogen) atoms. The van der Waals surface area contributed by atoms with Gasteiger partial charge in [0.2, 0.25) is 5.88 Å². The molecule has 1 aliphatic heterocycles. The van der Waals surface area contributed by atoms with Gasteiger partial charge in [-0.25, -0.2) is 4.98 Å². The minimum atomic E-state index is -0.0245. The molecule has 1 amide bonds. The highest BCUT2D eigenvalue weighted by atomic mass is 16.5. The van der Waals surface area contributed by atoms with E-state index in [2.05, 4.69) is 16.9 Å². The lowest BCUT2D eigenvalue weighted by molar-refractivity contribution is 0.0527. The summed E-state index contributed by atoms with van der Waals surface area (Å²) in [4.78, 5) is 23.0. The van der Waals surface area contributed by atoms with Gasteiger partial charge in [0.05, 0.1) is 6.54 Å². The number of rotatable bonds is 3. The summed E-state index contributed by atoms with van der Waals surface area (Å²) >= 11 is 0. The van der Waals surface area contributed by atoms with Crippen LogP contribution in [0.2, 0.25) is 0 Å². The van der Waals surface area contributed by atoms with Gasteiger partial charge in [0.25, 0.3) is 5.91 Å². The maximum atomic E-state index is 12.8. The Kier molecular flexibility index (Phi) is 4.79. The Labute approximate surface area is 142 Å². The van der Waals surface area contributed by atoms with Crippen molar-refractivity contribution in [3.63, 3.8) is 0 Å². The molecule has 1 aromatic heterocycles. The SMILES string of the molecule is Cc1nccc(OC2CCCN(C(=O)c3ccc(C)c(C)c3)C2)n1. The summed E-state index contributed by atoms with van der Waals surface area (Å²) < 4.78 is 5.95. The lowest BCUT2D eigenvalue weighted by atomic mass is 10.0. The van der Waals surface area contributed by atoms with E-state index in [-0.39, 0.29) is 12.0 Å². The minimum absolute atomic E-state index is 0.0245. The summed E-state index contributed by atoms with van der Waals surface area (Å²) in [7, 11) is 0. The Hall–Kier alpha value is -2.43. The molecule has 3 rings (SSSR count). The van der Waals surface area contributed by atoms with Gasteiger partial charge in [-0.2, -0.15) is 4.98 Å². The third-order valence-corrected chi connectivity index (χ3v) is 4.46. The van der Waals surface area contributed by atoms with Gasteiger partial charge in [0.1, 0.15) is 11.9 Å². The first-order chi connectivity index (χ1) is 11.5. The van der Waals surface area contributed by atoms with Crippen LogP contribution in [0.1, 0.15) is 40.2 Å². The Morgan fingerprint density at radius 1 is 1.21 bits per heavy atom. The number of aryl methyl sites for hydroxylation is 3. The fourth-order valence-electron chi connectivity index (χ4n) is 2.95. The molecule has 1 unspecified atom stereocenters. The normalized spacial score (nSPS) is 17.6. The van der Waals surface area contributed by atoms with Gasteiger partial charge in [-0.05, 0) is 56.9 Å². The molecule has 5 heteroatoms. The lowest BCUT2D eigenvalue weighted by Crippen LogP contribution is -2.44. The molecule has 126 valence electrons. The second kappa shape index (κ2) is 6.99. The minimum Gasteiger partial charge on any atom is -0.472 e. The highest BCUT2D eigenvalue weighted by Crippen LogP contribution is 2.19. The largest absolute Gasteiger partial charge is 0.472 e. The van der Waals surface area contributed by atoms with Crippen molar-refractivity contribution < 1.29 is 9.53 Å². The Morgan fingerprint density at radius 2 is 2.04 bits per heavy atom. The Morgan fingerprint density at radius 3 is 2.79 bits per heavy atom. The number of benzene rings is 1. The molecule has 1 atom stereocenters. The Balaban J connectivity index is 1.68. The first-order valence-corrected chi connectivity index (χ1v) is 8.36. The Bertz CT molecular complexity index is 745. The van der Waals surface area contributed by atoms with Gasteiger partial charge in [0.15, 0.2) is 0 Å². The van der Waals surface area contributed by atoms with Crippen LogP contribution in [0.5, 0.6) is 5.88 Å². The monoisotopic (exact) mass is 325 g/mol. The topological polar surface area (TPSA) is 55.3 Å². The number of carbonyl (C=O) groups excluding carboxylic acids is 1. The van der Waals surface area contributed by atoms with Crippen molar-refractivity contribution in [1.29, 1.82) is 0 Å². The van der Waals surface area contributed by atoms with Crippen molar-refractivity contribution in [1.82, 2.24) is 14.9 Å². The number of nitrogens with zero attached hydrogens (tertiary/aromatic N) is 3. The van der Waals surface area contributed by atoms with Gasteiger partial charge < -0.3 is 9.64 Å². The average molecular weight is 325 g/mol. The number of aromatic nitrogens is 2. The van der Waals surface area contributed by atoms with Crippen LogP contribution >= 0.6 is 0 Å². The van der Waals surface area contributed by atoms with Crippen LogP contribution in [0, 0.1) is 20.8 Å². The number of piperidine rings is 1. The van der Waals surface area contributed by atoms with Crippen LogP contribution in [-0.2, 0) is 0 Å². The predicted molar refractivity (Wildman–Crippen MR) is 92.2 cm³/mol. The molecule has 0 saturated carbocycles.